The molecule has 1 saturated carbocycles. The maximum Gasteiger partial charge on any atom is 0.123 e. The smallest absolute Gasteiger partial charge is 0.123 e. The van der Waals surface area contributed by atoms with Crippen LogP contribution in [0.1, 0.15) is 36.3 Å². The summed E-state index contributed by atoms with van der Waals surface area (Å²) in [6.07, 6.45) is 6.40. The zero-order chi connectivity index (χ0) is 13.4. The maximum absolute atomic E-state index is 11.2. The first-order chi connectivity index (χ1) is 9.24. The van der Waals surface area contributed by atoms with Gasteiger partial charge in [-0.15, -0.1) is 0 Å². The summed E-state index contributed by atoms with van der Waals surface area (Å²) in [5.74, 6) is 0.450. The Morgan fingerprint density at radius 2 is 2.26 bits per heavy atom. The van der Waals surface area contributed by atoms with Crippen LogP contribution in [0, 0.1) is 17.2 Å². The number of fused-ring (bicyclic) bond motifs is 1. The van der Waals surface area contributed by atoms with Gasteiger partial charge in [-0.2, -0.15) is 5.26 Å². The van der Waals surface area contributed by atoms with Gasteiger partial charge in [0.2, 0.25) is 0 Å². The molecule has 1 aromatic carbocycles. The molecule has 1 heterocycles. The number of rotatable bonds is 2. The first-order valence-corrected chi connectivity index (χ1v) is 6.69. The predicted molar refractivity (Wildman–Crippen MR) is 73.8 cm³/mol. The molecule has 3 rings (SSSR count). The quantitative estimate of drug-likeness (QED) is 0.771. The average Bonchev–Trinajstić information content (AvgIpc) is 3.02. The Balaban J connectivity index is 2.18. The molecule has 0 saturated heterocycles. The molecule has 0 bridgehead atoms. The fourth-order valence-electron chi connectivity index (χ4n) is 3.33. The van der Waals surface area contributed by atoms with Gasteiger partial charge in [-0.3, -0.25) is 0 Å². The van der Waals surface area contributed by atoms with Crippen LogP contribution in [0.4, 0.5) is 0 Å². The van der Waals surface area contributed by atoms with Crippen molar-refractivity contribution in [3.63, 3.8) is 0 Å². The molecule has 3 heteroatoms. The number of nitrogens with zero attached hydrogens (tertiary/aromatic N) is 2. The van der Waals surface area contributed by atoms with E-state index in [4.69, 9.17) is 5.26 Å². The van der Waals surface area contributed by atoms with Crippen molar-refractivity contribution in [3.8, 4) is 6.07 Å². The van der Waals surface area contributed by atoms with Gasteiger partial charge in [-0.05, 0) is 42.5 Å². The van der Waals surface area contributed by atoms with Gasteiger partial charge < -0.3 is 9.36 Å². The van der Waals surface area contributed by atoms with E-state index in [-0.39, 0.29) is 5.92 Å². The van der Waals surface area contributed by atoms with Crippen LogP contribution in [0.3, 0.4) is 0 Å². The number of hydrogen-bond donors (Lipinski definition) is 0. The number of hydrogen-bond acceptors (Lipinski definition) is 2. The number of aromatic nitrogens is 1. The van der Waals surface area contributed by atoms with Crippen molar-refractivity contribution < 1.29 is 4.79 Å². The number of carbonyl (C=O) groups excluding carboxylic acids is 1. The van der Waals surface area contributed by atoms with Gasteiger partial charge in [-0.25, -0.2) is 0 Å². The van der Waals surface area contributed by atoms with Crippen LogP contribution in [0.15, 0.2) is 24.4 Å². The molecule has 2 unspecified atom stereocenters. The lowest BCUT2D eigenvalue weighted by atomic mass is 9.89. The molecular formula is C16H16N2O. The highest BCUT2D eigenvalue weighted by Crippen LogP contribution is 2.41. The van der Waals surface area contributed by atoms with Crippen LogP contribution < -0.4 is 0 Å². The first kappa shape index (κ1) is 12.0. The van der Waals surface area contributed by atoms with Crippen LogP contribution in [0.25, 0.3) is 10.9 Å². The minimum Gasteiger partial charge on any atom is -0.350 e. The molecule has 0 amide bonds. The van der Waals surface area contributed by atoms with Gasteiger partial charge >= 0.3 is 0 Å². The van der Waals surface area contributed by atoms with Crippen molar-refractivity contribution in [2.75, 3.05) is 0 Å². The maximum atomic E-state index is 11.2. The van der Waals surface area contributed by atoms with Gasteiger partial charge in [0.05, 0.1) is 11.6 Å². The van der Waals surface area contributed by atoms with Gasteiger partial charge in [0.25, 0.3) is 0 Å². The molecule has 0 radical (unpaired) electrons. The van der Waals surface area contributed by atoms with Crippen LogP contribution in [0.5, 0.6) is 0 Å². The predicted octanol–water partition coefficient (Wildman–Crippen LogP) is 3.13. The molecule has 3 nitrogen and oxygen atoms in total. The van der Waals surface area contributed by atoms with Crippen molar-refractivity contribution in [3.05, 3.63) is 35.5 Å². The number of carbonyl (C=O) groups is 1. The monoisotopic (exact) mass is 252 g/mol. The Morgan fingerprint density at radius 1 is 1.42 bits per heavy atom. The molecule has 0 aliphatic heterocycles. The van der Waals surface area contributed by atoms with E-state index in [1.165, 1.54) is 5.56 Å². The molecule has 19 heavy (non-hydrogen) atoms. The molecule has 2 aromatic rings. The fraction of sp³-hybridized carbons (Fsp3) is 0.375. The summed E-state index contributed by atoms with van der Waals surface area (Å²) in [4.78, 5) is 11.2. The van der Waals surface area contributed by atoms with Crippen LogP contribution >= 0.6 is 0 Å². The minimum atomic E-state index is 0.136. The van der Waals surface area contributed by atoms with E-state index in [9.17, 15) is 4.79 Å². The van der Waals surface area contributed by atoms with Crippen LogP contribution in [-0.2, 0) is 11.8 Å². The number of benzene rings is 1. The fourth-order valence-corrected chi connectivity index (χ4v) is 3.33. The molecule has 1 fully saturated rings. The topological polar surface area (TPSA) is 45.8 Å². The molecule has 1 aliphatic rings. The zero-order valence-corrected chi connectivity index (χ0v) is 11.0. The largest absolute Gasteiger partial charge is 0.350 e. The third-order valence-corrected chi connectivity index (χ3v) is 4.29. The summed E-state index contributed by atoms with van der Waals surface area (Å²) in [7, 11) is 2.02. The van der Waals surface area contributed by atoms with Gasteiger partial charge in [-0.1, -0.05) is 6.42 Å². The molecule has 2 atom stereocenters. The summed E-state index contributed by atoms with van der Waals surface area (Å²) >= 11 is 0. The van der Waals surface area contributed by atoms with E-state index in [1.54, 1.807) is 0 Å². The van der Waals surface area contributed by atoms with E-state index in [0.717, 1.165) is 36.5 Å². The Bertz CT molecular complexity index is 678. The molecule has 0 spiro atoms. The number of nitriles is 1. The van der Waals surface area contributed by atoms with Crippen LogP contribution in [0.2, 0.25) is 0 Å². The number of aryl methyl sites for hydroxylation is 1. The van der Waals surface area contributed by atoms with Crippen molar-refractivity contribution >= 4 is 17.2 Å². The molecule has 1 aliphatic carbocycles. The average molecular weight is 252 g/mol. The third-order valence-electron chi connectivity index (χ3n) is 4.29. The lowest BCUT2D eigenvalue weighted by Crippen LogP contribution is -2.06. The highest BCUT2D eigenvalue weighted by Gasteiger charge is 2.30. The standard InChI is InChI=1S/C16H16N2O/c1-18-9-15(13-4-2-3-12(13)10-19)14-7-11(8-17)5-6-16(14)18/h5-7,9-10,12-13H,2-4H2,1H3. The number of aldehydes is 1. The summed E-state index contributed by atoms with van der Waals surface area (Å²) < 4.78 is 2.09. The van der Waals surface area contributed by atoms with Gasteiger partial charge in [0, 0.05) is 30.1 Å². The summed E-state index contributed by atoms with van der Waals surface area (Å²) in [5.41, 5.74) is 3.04. The SMILES string of the molecule is Cn1cc(C2CCCC2C=O)c2cc(C#N)ccc21. The molecule has 0 N–H and O–H groups in total. The molecule has 96 valence electrons. The summed E-state index contributed by atoms with van der Waals surface area (Å²) in [5, 5.41) is 10.2. The van der Waals surface area contributed by atoms with E-state index >= 15 is 0 Å². The molecule has 1 aromatic heterocycles. The zero-order valence-electron chi connectivity index (χ0n) is 11.0. The Morgan fingerprint density at radius 3 is 3.00 bits per heavy atom. The highest BCUT2D eigenvalue weighted by molar-refractivity contribution is 5.86. The van der Waals surface area contributed by atoms with Crippen molar-refractivity contribution in [1.29, 1.82) is 5.26 Å². The lowest BCUT2D eigenvalue weighted by Gasteiger charge is -2.13. The Hall–Kier alpha value is -2.08. The van der Waals surface area contributed by atoms with Crippen LogP contribution in [-0.4, -0.2) is 10.9 Å². The van der Waals surface area contributed by atoms with Gasteiger partial charge in [0.1, 0.15) is 6.29 Å². The van der Waals surface area contributed by atoms with E-state index in [2.05, 4.69) is 16.8 Å². The summed E-state index contributed by atoms with van der Waals surface area (Å²) in [6, 6.07) is 7.98. The lowest BCUT2D eigenvalue weighted by molar-refractivity contribution is -0.111. The van der Waals surface area contributed by atoms with Crippen molar-refractivity contribution in [2.24, 2.45) is 13.0 Å². The molecular weight excluding hydrogens is 236 g/mol. The second-order valence-corrected chi connectivity index (χ2v) is 5.38. The van der Waals surface area contributed by atoms with Crippen molar-refractivity contribution in [1.82, 2.24) is 4.57 Å². The second kappa shape index (κ2) is 4.55. The third kappa shape index (κ3) is 1.84. The van der Waals surface area contributed by atoms with Crippen molar-refractivity contribution in [2.45, 2.75) is 25.2 Å². The second-order valence-electron chi connectivity index (χ2n) is 5.38. The highest BCUT2D eigenvalue weighted by atomic mass is 16.1. The Kier molecular flexibility index (Phi) is 2.87. The van der Waals surface area contributed by atoms with E-state index < -0.39 is 0 Å². The normalized spacial score (nSPS) is 22.5. The Labute approximate surface area is 112 Å². The first-order valence-electron chi connectivity index (χ1n) is 6.69. The minimum absolute atomic E-state index is 0.136. The van der Waals surface area contributed by atoms with E-state index in [1.807, 2.05) is 25.2 Å². The van der Waals surface area contributed by atoms with Gasteiger partial charge in [0.15, 0.2) is 0 Å². The summed E-state index contributed by atoms with van der Waals surface area (Å²) in [6.45, 7) is 0. The van der Waals surface area contributed by atoms with E-state index in [0.29, 0.717) is 11.5 Å².